The van der Waals surface area contributed by atoms with Gasteiger partial charge in [0.05, 0.1) is 18.8 Å². The topological polar surface area (TPSA) is 90.7 Å². The van der Waals surface area contributed by atoms with E-state index in [1.165, 1.54) is 12.1 Å². The van der Waals surface area contributed by atoms with Crippen LogP contribution in [-0.2, 0) is 0 Å². The molecular formula is C12H12N2O4. The number of nitrogens with two attached hydrogens (primary N) is 1. The summed E-state index contributed by atoms with van der Waals surface area (Å²) in [6, 6.07) is 4.74. The fourth-order valence-electron chi connectivity index (χ4n) is 1.88. The summed E-state index contributed by atoms with van der Waals surface area (Å²) < 4.78 is 16.0. The first-order valence-electron chi connectivity index (χ1n) is 5.60. The molecule has 0 radical (unpaired) electrons. The zero-order chi connectivity index (χ0) is 12.5. The number of hydrogen-bond donors (Lipinski definition) is 2. The molecule has 0 saturated heterocycles. The average Bonchev–Trinajstić information content (AvgIpc) is 2.63. The fraction of sp³-hybridized carbons (Fsp3) is 0.250. The summed E-state index contributed by atoms with van der Waals surface area (Å²) in [6.07, 6.45) is 0.788. The molecule has 0 amide bonds. The molecule has 2 aromatic rings. The maximum Gasteiger partial charge on any atom is 0.222 e. The predicted octanol–water partition coefficient (Wildman–Crippen LogP) is 1.79. The van der Waals surface area contributed by atoms with Gasteiger partial charge in [-0.25, -0.2) is 0 Å². The number of nitrogen functional groups attached to an aromatic ring is 1. The average molecular weight is 248 g/mol. The zero-order valence-corrected chi connectivity index (χ0v) is 9.55. The standard InChI is InChI=1S/C12H12N2O4/c13-10-6-7(14-18-10)11-8(15)2-3-9-12(11)17-5-1-4-16-9/h2-3,6,15H,1,4-5,13H2. The van der Waals surface area contributed by atoms with Crippen molar-refractivity contribution < 1.29 is 19.1 Å². The molecule has 94 valence electrons. The second kappa shape index (κ2) is 4.14. The highest BCUT2D eigenvalue weighted by Crippen LogP contribution is 2.44. The van der Waals surface area contributed by atoms with Crippen LogP contribution in [0, 0.1) is 0 Å². The summed E-state index contributed by atoms with van der Waals surface area (Å²) in [5, 5.41) is 13.8. The van der Waals surface area contributed by atoms with Gasteiger partial charge in [-0.05, 0) is 12.1 Å². The molecule has 1 aliphatic rings. The Bertz CT molecular complexity index is 579. The number of phenolic OH excluding ortho intramolecular Hbond substituents is 1. The van der Waals surface area contributed by atoms with Gasteiger partial charge in [0.1, 0.15) is 11.4 Å². The normalized spacial score (nSPS) is 14.2. The number of rotatable bonds is 1. The van der Waals surface area contributed by atoms with Crippen LogP contribution >= 0.6 is 0 Å². The molecular weight excluding hydrogens is 236 g/mol. The van der Waals surface area contributed by atoms with Gasteiger partial charge in [0.25, 0.3) is 0 Å². The fourth-order valence-corrected chi connectivity index (χ4v) is 1.88. The van der Waals surface area contributed by atoms with E-state index in [-0.39, 0.29) is 11.6 Å². The van der Waals surface area contributed by atoms with E-state index in [0.29, 0.717) is 36.0 Å². The Kier molecular flexibility index (Phi) is 2.47. The molecule has 1 aliphatic heterocycles. The van der Waals surface area contributed by atoms with E-state index in [2.05, 4.69) is 5.16 Å². The van der Waals surface area contributed by atoms with Crippen LogP contribution in [0.3, 0.4) is 0 Å². The van der Waals surface area contributed by atoms with Crippen molar-refractivity contribution in [2.75, 3.05) is 18.9 Å². The molecule has 2 heterocycles. The Morgan fingerprint density at radius 2 is 2.06 bits per heavy atom. The Balaban J connectivity index is 2.18. The van der Waals surface area contributed by atoms with Gasteiger partial charge >= 0.3 is 0 Å². The van der Waals surface area contributed by atoms with E-state index < -0.39 is 0 Å². The van der Waals surface area contributed by atoms with E-state index in [1.54, 1.807) is 6.07 Å². The van der Waals surface area contributed by atoms with Crippen molar-refractivity contribution in [1.29, 1.82) is 0 Å². The highest BCUT2D eigenvalue weighted by atomic mass is 16.5. The minimum atomic E-state index is 0.0487. The summed E-state index contributed by atoms with van der Waals surface area (Å²) >= 11 is 0. The van der Waals surface area contributed by atoms with Gasteiger partial charge in [0, 0.05) is 12.5 Å². The first-order valence-corrected chi connectivity index (χ1v) is 5.60. The van der Waals surface area contributed by atoms with Crippen LogP contribution in [0.15, 0.2) is 22.7 Å². The largest absolute Gasteiger partial charge is 0.507 e. The monoisotopic (exact) mass is 248 g/mol. The summed E-state index contributed by atoms with van der Waals surface area (Å²) in [5.41, 5.74) is 6.35. The number of aromatic nitrogens is 1. The van der Waals surface area contributed by atoms with Crippen molar-refractivity contribution in [3.63, 3.8) is 0 Å². The minimum Gasteiger partial charge on any atom is -0.507 e. The van der Waals surface area contributed by atoms with Gasteiger partial charge in [-0.15, -0.1) is 0 Å². The van der Waals surface area contributed by atoms with Crippen LogP contribution in [0.2, 0.25) is 0 Å². The van der Waals surface area contributed by atoms with E-state index in [0.717, 1.165) is 6.42 Å². The maximum atomic E-state index is 9.96. The van der Waals surface area contributed by atoms with Crippen LogP contribution in [0.1, 0.15) is 6.42 Å². The van der Waals surface area contributed by atoms with Crippen LogP contribution < -0.4 is 15.2 Å². The summed E-state index contributed by atoms with van der Waals surface area (Å²) in [5.74, 6) is 1.28. The van der Waals surface area contributed by atoms with Gasteiger partial charge in [-0.2, -0.15) is 0 Å². The van der Waals surface area contributed by atoms with Crippen molar-refractivity contribution in [1.82, 2.24) is 5.16 Å². The van der Waals surface area contributed by atoms with Crippen LogP contribution in [0.25, 0.3) is 11.3 Å². The molecule has 1 aromatic heterocycles. The lowest BCUT2D eigenvalue weighted by Crippen LogP contribution is -1.98. The maximum absolute atomic E-state index is 9.96. The van der Waals surface area contributed by atoms with Crippen molar-refractivity contribution in [3.05, 3.63) is 18.2 Å². The molecule has 0 aliphatic carbocycles. The summed E-state index contributed by atoms with van der Waals surface area (Å²) in [6.45, 7) is 1.11. The van der Waals surface area contributed by atoms with Gasteiger partial charge in [-0.3, -0.25) is 0 Å². The highest BCUT2D eigenvalue weighted by Gasteiger charge is 2.22. The van der Waals surface area contributed by atoms with Gasteiger partial charge in [0.2, 0.25) is 5.88 Å². The molecule has 6 nitrogen and oxygen atoms in total. The Labute approximate surface area is 103 Å². The molecule has 1 aromatic carbocycles. The highest BCUT2D eigenvalue weighted by molar-refractivity contribution is 5.78. The van der Waals surface area contributed by atoms with Crippen molar-refractivity contribution in [3.8, 4) is 28.5 Å². The van der Waals surface area contributed by atoms with E-state index in [9.17, 15) is 5.11 Å². The molecule has 3 rings (SSSR count). The lowest BCUT2D eigenvalue weighted by molar-refractivity contribution is 0.297. The molecule has 3 N–H and O–H groups in total. The second-order valence-corrected chi connectivity index (χ2v) is 3.95. The van der Waals surface area contributed by atoms with E-state index >= 15 is 0 Å². The smallest absolute Gasteiger partial charge is 0.222 e. The molecule has 0 bridgehead atoms. The number of hydrogen-bond acceptors (Lipinski definition) is 6. The minimum absolute atomic E-state index is 0.0487. The quantitative estimate of drug-likeness (QED) is 0.799. The number of phenols is 1. The first kappa shape index (κ1) is 10.8. The van der Waals surface area contributed by atoms with Crippen molar-refractivity contribution >= 4 is 5.88 Å². The Hall–Kier alpha value is -2.37. The van der Waals surface area contributed by atoms with Gasteiger partial charge in [-0.1, -0.05) is 5.16 Å². The molecule has 0 atom stereocenters. The Morgan fingerprint density at radius 3 is 2.83 bits per heavy atom. The molecule has 18 heavy (non-hydrogen) atoms. The van der Waals surface area contributed by atoms with E-state index in [4.69, 9.17) is 19.7 Å². The molecule has 0 fully saturated rings. The predicted molar refractivity (Wildman–Crippen MR) is 63.6 cm³/mol. The van der Waals surface area contributed by atoms with Crippen LogP contribution in [0.4, 0.5) is 5.88 Å². The SMILES string of the molecule is Nc1cc(-c2c(O)ccc3c2OCCCO3)no1. The third kappa shape index (κ3) is 1.71. The number of aromatic hydroxyl groups is 1. The molecule has 0 spiro atoms. The first-order chi connectivity index (χ1) is 8.75. The van der Waals surface area contributed by atoms with Crippen molar-refractivity contribution in [2.24, 2.45) is 0 Å². The third-order valence-corrected chi connectivity index (χ3v) is 2.68. The number of fused-ring (bicyclic) bond motifs is 1. The van der Waals surface area contributed by atoms with Gasteiger partial charge in [0.15, 0.2) is 11.5 Å². The summed E-state index contributed by atoms with van der Waals surface area (Å²) in [7, 11) is 0. The van der Waals surface area contributed by atoms with Gasteiger partial charge < -0.3 is 24.8 Å². The van der Waals surface area contributed by atoms with Crippen LogP contribution in [0.5, 0.6) is 17.2 Å². The lowest BCUT2D eigenvalue weighted by atomic mass is 10.1. The number of ether oxygens (including phenoxy) is 2. The summed E-state index contributed by atoms with van der Waals surface area (Å²) in [4.78, 5) is 0. The van der Waals surface area contributed by atoms with Crippen molar-refractivity contribution in [2.45, 2.75) is 6.42 Å². The lowest BCUT2D eigenvalue weighted by Gasteiger charge is -2.11. The second-order valence-electron chi connectivity index (χ2n) is 3.95. The van der Waals surface area contributed by atoms with E-state index in [1.807, 2.05) is 0 Å². The zero-order valence-electron chi connectivity index (χ0n) is 9.55. The van der Waals surface area contributed by atoms with Crippen LogP contribution in [-0.4, -0.2) is 23.5 Å². The molecule has 0 saturated carbocycles. The number of anilines is 1. The number of benzene rings is 1. The Morgan fingerprint density at radius 1 is 1.22 bits per heavy atom. The number of nitrogens with zero attached hydrogens (tertiary/aromatic N) is 1. The third-order valence-electron chi connectivity index (χ3n) is 2.68. The molecule has 6 heteroatoms. The molecule has 0 unspecified atom stereocenters.